The van der Waals surface area contributed by atoms with Crippen LogP contribution in [-0.2, 0) is 4.79 Å². The Balaban J connectivity index is 2.52. The van der Waals surface area contributed by atoms with Crippen LogP contribution in [0.2, 0.25) is 0 Å². The maximum Gasteiger partial charge on any atom is 0.189 e. The molecule has 2 aliphatic rings. The van der Waals surface area contributed by atoms with Crippen molar-refractivity contribution in [2.24, 2.45) is 4.99 Å². The first-order chi connectivity index (χ1) is 6.20. The summed E-state index contributed by atoms with van der Waals surface area (Å²) >= 11 is 11.8. The lowest BCUT2D eigenvalue weighted by Gasteiger charge is -2.18. The lowest BCUT2D eigenvalue weighted by atomic mass is 9.96. The number of hydrogen-bond donors (Lipinski definition) is 0. The van der Waals surface area contributed by atoms with E-state index in [2.05, 4.69) is 4.99 Å². The molecular formula is C9H5Cl2NO. The zero-order valence-corrected chi connectivity index (χ0v) is 8.01. The van der Waals surface area contributed by atoms with Crippen LogP contribution in [0.4, 0.5) is 0 Å². The minimum atomic E-state index is -0.490. The molecular weight excluding hydrogens is 209 g/mol. The first-order valence-corrected chi connectivity index (χ1v) is 4.52. The third-order valence-corrected chi connectivity index (χ3v) is 2.77. The summed E-state index contributed by atoms with van der Waals surface area (Å²) < 4.78 is 0. The molecule has 0 amide bonds. The molecule has 0 fully saturated rings. The number of halogens is 2. The molecule has 0 N–H and O–H groups in total. The fourth-order valence-corrected chi connectivity index (χ4v) is 1.63. The van der Waals surface area contributed by atoms with Gasteiger partial charge in [-0.25, -0.2) is 0 Å². The Kier molecular flexibility index (Phi) is 2.10. The highest BCUT2D eigenvalue weighted by atomic mass is 35.5. The van der Waals surface area contributed by atoms with E-state index >= 15 is 0 Å². The number of carbonyl (C=O) groups excluding carboxylic acids is 1. The standard InChI is InChI=1S/C9H5Cl2NO/c10-6-2-1-5-7(13)3-4-12-9(5)8(6)11/h1-4,8H. The molecule has 0 radical (unpaired) electrons. The smallest absolute Gasteiger partial charge is 0.189 e. The van der Waals surface area contributed by atoms with Crippen molar-refractivity contribution in [3.63, 3.8) is 0 Å². The summed E-state index contributed by atoms with van der Waals surface area (Å²) in [4.78, 5) is 15.3. The van der Waals surface area contributed by atoms with Crippen molar-refractivity contribution < 1.29 is 4.79 Å². The molecule has 1 aliphatic carbocycles. The molecule has 0 aromatic carbocycles. The number of allylic oxidation sites excluding steroid dienone is 5. The van der Waals surface area contributed by atoms with Crippen LogP contribution in [0.3, 0.4) is 0 Å². The van der Waals surface area contributed by atoms with Crippen LogP contribution in [0.5, 0.6) is 0 Å². The third kappa shape index (κ3) is 1.36. The average molecular weight is 214 g/mol. The molecule has 2 rings (SSSR count). The van der Waals surface area contributed by atoms with Crippen LogP contribution in [-0.4, -0.2) is 16.9 Å². The second-order valence-electron chi connectivity index (χ2n) is 2.69. The molecule has 4 heteroatoms. The monoisotopic (exact) mass is 213 g/mol. The van der Waals surface area contributed by atoms with Gasteiger partial charge in [0.25, 0.3) is 0 Å². The number of rotatable bonds is 0. The van der Waals surface area contributed by atoms with Crippen molar-refractivity contribution in [1.29, 1.82) is 0 Å². The van der Waals surface area contributed by atoms with Crippen LogP contribution in [0.1, 0.15) is 0 Å². The summed E-state index contributed by atoms with van der Waals surface area (Å²) in [5, 5.41) is 0.00262. The molecule has 0 bridgehead atoms. The second kappa shape index (κ2) is 3.13. The predicted molar refractivity (Wildman–Crippen MR) is 53.2 cm³/mol. The first kappa shape index (κ1) is 8.73. The van der Waals surface area contributed by atoms with Gasteiger partial charge in [-0.3, -0.25) is 9.79 Å². The Labute approximate surface area is 85.2 Å². The first-order valence-electron chi connectivity index (χ1n) is 3.70. The van der Waals surface area contributed by atoms with Crippen LogP contribution < -0.4 is 0 Å². The minimum absolute atomic E-state index is 0.0731. The number of hydrogen-bond acceptors (Lipinski definition) is 2. The third-order valence-electron chi connectivity index (χ3n) is 1.87. The number of ketones is 1. The van der Waals surface area contributed by atoms with E-state index in [-0.39, 0.29) is 5.78 Å². The topological polar surface area (TPSA) is 29.4 Å². The molecule has 1 unspecified atom stereocenters. The van der Waals surface area contributed by atoms with E-state index in [0.29, 0.717) is 16.3 Å². The molecule has 0 aromatic heterocycles. The van der Waals surface area contributed by atoms with E-state index < -0.39 is 5.38 Å². The lowest BCUT2D eigenvalue weighted by molar-refractivity contribution is -0.110. The Bertz CT molecular complexity index is 390. The highest BCUT2D eigenvalue weighted by Gasteiger charge is 2.27. The summed E-state index contributed by atoms with van der Waals surface area (Å²) in [6, 6.07) is 0. The van der Waals surface area contributed by atoms with E-state index in [1.807, 2.05) is 0 Å². The fraction of sp³-hybridized carbons (Fsp3) is 0.111. The van der Waals surface area contributed by atoms with Crippen molar-refractivity contribution in [2.75, 3.05) is 0 Å². The van der Waals surface area contributed by atoms with Crippen molar-refractivity contribution in [3.8, 4) is 0 Å². The summed E-state index contributed by atoms with van der Waals surface area (Å²) in [6.45, 7) is 0. The Morgan fingerprint density at radius 2 is 2.15 bits per heavy atom. The van der Waals surface area contributed by atoms with Crippen molar-refractivity contribution >= 4 is 34.7 Å². The molecule has 0 spiro atoms. The largest absolute Gasteiger partial charge is 0.289 e. The lowest BCUT2D eigenvalue weighted by Crippen LogP contribution is -2.25. The van der Waals surface area contributed by atoms with E-state index in [4.69, 9.17) is 23.2 Å². The van der Waals surface area contributed by atoms with Crippen LogP contribution in [0.15, 0.2) is 40.0 Å². The molecule has 1 atom stereocenters. The van der Waals surface area contributed by atoms with Gasteiger partial charge in [-0.05, 0) is 12.2 Å². The van der Waals surface area contributed by atoms with Gasteiger partial charge in [-0.1, -0.05) is 11.6 Å². The van der Waals surface area contributed by atoms with E-state index in [9.17, 15) is 4.79 Å². The van der Waals surface area contributed by atoms with E-state index in [1.165, 1.54) is 12.3 Å². The summed E-state index contributed by atoms with van der Waals surface area (Å²) in [6.07, 6.45) is 6.13. The van der Waals surface area contributed by atoms with Gasteiger partial charge in [0, 0.05) is 22.9 Å². The van der Waals surface area contributed by atoms with Crippen LogP contribution >= 0.6 is 23.2 Å². The number of carbonyl (C=O) groups is 1. The summed E-state index contributed by atoms with van der Waals surface area (Å²) in [5.74, 6) is -0.0731. The second-order valence-corrected chi connectivity index (χ2v) is 3.56. The van der Waals surface area contributed by atoms with Crippen molar-refractivity contribution in [2.45, 2.75) is 5.38 Å². The highest BCUT2D eigenvalue weighted by molar-refractivity contribution is 6.49. The van der Waals surface area contributed by atoms with E-state index in [0.717, 1.165) is 0 Å². The average Bonchev–Trinajstić information content (AvgIpc) is 2.12. The number of nitrogens with zero attached hydrogens (tertiary/aromatic N) is 1. The molecule has 0 saturated carbocycles. The van der Waals surface area contributed by atoms with Gasteiger partial charge < -0.3 is 0 Å². The Hall–Kier alpha value is -0.860. The van der Waals surface area contributed by atoms with Gasteiger partial charge in [0.2, 0.25) is 0 Å². The van der Waals surface area contributed by atoms with Gasteiger partial charge in [0.1, 0.15) is 5.38 Å². The van der Waals surface area contributed by atoms with Crippen molar-refractivity contribution in [3.05, 3.63) is 35.0 Å². The number of alkyl halides is 1. The maximum absolute atomic E-state index is 11.3. The van der Waals surface area contributed by atoms with Gasteiger partial charge >= 0.3 is 0 Å². The zero-order chi connectivity index (χ0) is 9.42. The van der Waals surface area contributed by atoms with Gasteiger partial charge in [-0.15, -0.1) is 11.6 Å². The normalized spacial score (nSPS) is 26.2. The molecule has 66 valence electrons. The molecule has 0 saturated heterocycles. The molecule has 1 aliphatic heterocycles. The minimum Gasteiger partial charge on any atom is -0.289 e. The van der Waals surface area contributed by atoms with Crippen LogP contribution in [0, 0.1) is 0 Å². The summed E-state index contributed by atoms with van der Waals surface area (Å²) in [7, 11) is 0. The highest BCUT2D eigenvalue weighted by Crippen LogP contribution is 2.26. The Morgan fingerprint density at radius 1 is 1.38 bits per heavy atom. The van der Waals surface area contributed by atoms with Gasteiger partial charge in [0.15, 0.2) is 5.78 Å². The van der Waals surface area contributed by atoms with Gasteiger partial charge in [-0.2, -0.15) is 0 Å². The summed E-state index contributed by atoms with van der Waals surface area (Å²) in [5.41, 5.74) is 1.08. The fourth-order valence-electron chi connectivity index (χ4n) is 1.22. The molecule has 2 nitrogen and oxygen atoms in total. The number of fused-ring (bicyclic) bond motifs is 1. The SMILES string of the molecule is O=C1C=CN=C2C1=CC=C(Cl)C2Cl. The van der Waals surface area contributed by atoms with E-state index in [1.54, 1.807) is 12.2 Å². The predicted octanol–water partition coefficient (Wildman–Crippen LogP) is 2.19. The van der Waals surface area contributed by atoms with Crippen molar-refractivity contribution in [1.82, 2.24) is 0 Å². The molecule has 1 heterocycles. The molecule has 0 aromatic rings. The maximum atomic E-state index is 11.3. The van der Waals surface area contributed by atoms with Crippen LogP contribution in [0.25, 0.3) is 0 Å². The number of aliphatic imine (C=N–C) groups is 1. The Morgan fingerprint density at radius 3 is 2.92 bits per heavy atom. The molecule has 13 heavy (non-hydrogen) atoms. The zero-order valence-electron chi connectivity index (χ0n) is 6.50. The van der Waals surface area contributed by atoms with Gasteiger partial charge in [0.05, 0.1) is 5.71 Å². The quantitative estimate of drug-likeness (QED) is 0.568.